The molecule has 1 N–H and O–H groups in total. The molecule has 0 aliphatic heterocycles. The van der Waals surface area contributed by atoms with Gasteiger partial charge in [-0.25, -0.2) is 0 Å². The molecule has 2 nitrogen and oxygen atoms in total. The van der Waals surface area contributed by atoms with Crippen molar-refractivity contribution in [3.8, 4) is 0 Å². The summed E-state index contributed by atoms with van der Waals surface area (Å²) in [6.45, 7) is 7.41. The Balaban J connectivity index is 2.86. The fraction of sp³-hybridized carbons (Fsp3) is 0.538. The third kappa shape index (κ3) is 3.56. The van der Waals surface area contributed by atoms with Gasteiger partial charge in [-0.2, -0.15) is 0 Å². The van der Waals surface area contributed by atoms with Crippen molar-refractivity contribution in [2.75, 3.05) is 19.0 Å². The summed E-state index contributed by atoms with van der Waals surface area (Å²) in [5.74, 6) is 0. The molecule has 15 heavy (non-hydrogen) atoms. The van der Waals surface area contributed by atoms with Crippen LogP contribution < -0.4 is 10.2 Å². The smallest absolute Gasteiger partial charge is 0.0409 e. The first-order valence-corrected chi connectivity index (χ1v) is 5.51. The van der Waals surface area contributed by atoms with Crippen molar-refractivity contribution in [1.29, 1.82) is 0 Å². The zero-order chi connectivity index (χ0) is 11.4. The highest BCUT2D eigenvalue weighted by Gasteiger charge is 2.04. The molecule has 0 radical (unpaired) electrons. The number of hydrogen-bond acceptors (Lipinski definition) is 2. The van der Waals surface area contributed by atoms with Gasteiger partial charge in [-0.05, 0) is 24.1 Å². The first-order valence-electron chi connectivity index (χ1n) is 5.51. The summed E-state index contributed by atoms with van der Waals surface area (Å²) in [6, 6.07) is 7.14. The molecule has 0 aliphatic rings. The van der Waals surface area contributed by atoms with Crippen molar-refractivity contribution in [1.82, 2.24) is 5.32 Å². The maximum atomic E-state index is 3.45. The molecule has 0 bridgehead atoms. The van der Waals surface area contributed by atoms with E-state index in [0.29, 0.717) is 6.04 Å². The molecule has 0 fully saturated rings. The second-order valence-corrected chi connectivity index (χ2v) is 4.56. The summed E-state index contributed by atoms with van der Waals surface area (Å²) >= 11 is 0. The van der Waals surface area contributed by atoms with E-state index in [0.717, 1.165) is 6.54 Å². The molecule has 0 saturated heterocycles. The van der Waals surface area contributed by atoms with E-state index in [1.807, 2.05) is 0 Å². The van der Waals surface area contributed by atoms with Crippen LogP contribution in [0.25, 0.3) is 0 Å². The molecule has 0 unspecified atom stereocenters. The van der Waals surface area contributed by atoms with Gasteiger partial charge in [0.05, 0.1) is 0 Å². The Hall–Kier alpha value is -1.02. The van der Waals surface area contributed by atoms with E-state index < -0.39 is 0 Å². The van der Waals surface area contributed by atoms with Crippen LogP contribution in [0.5, 0.6) is 0 Å². The van der Waals surface area contributed by atoms with Crippen LogP contribution in [0.3, 0.4) is 0 Å². The molecule has 0 aliphatic carbocycles. The minimum absolute atomic E-state index is 0.529. The standard InChI is InChI=1S/C13H22N2/c1-10(2)14-9-12-7-6-11(3)8-13(12)15(4)5/h6-8,10,14H,9H2,1-5H3. The van der Waals surface area contributed by atoms with Crippen molar-refractivity contribution in [3.63, 3.8) is 0 Å². The Kier molecular flexibility index (Phi) is 4.15. The Labute approximate surface area is 93.3 Å². The van der Waals surface area contributed by atoms with Crippen molar-refractivity contribution in [3.05, 3.63) is 29.3 Å². The second-order valence-electron chi connectivity index (χ2n) is 4.56. The van der Waals surface area contributed by atoms with E-state index in [1.165, 1.54) is 16.8 Å². The zero-order valence-corrected chi connectivity index (χ0v) is 10.5. The lowest BCUT2D eigenvalue weighted by molar-refractivity contribution is 0.588. The van der Waals surface area contributed by atoms with Crippen LogP contribution in [0.15, 0.2) is 18.2 Å². The topological polar surface area (TPSA) is 15.3 Å². The summed E-state index contributed by atoms with van der Waals surface area (Å²) in [5, 5.41) is 3.45. The van der Waals surface area contributed by atoms with Crippen LogP contribution in [-0.2, 0) is 6.54 Å². The largest absolute Gasteiger partial charge is 0.377 e. The predicted octanol–water partition coefficient (Wildman–Crippen LogP) is 2.56. The molecule has 2 heteroatoms. The van der Waals surface area contributed by atoms with E-state index in [2.05, 4.69) is 63.3 Å². The van der Waals surface area contributed by atoms with E-state index in [-0.39, 0.29) is 0 Å². The van der Waals surface area contributed by atoms with E-state index >= 15 is 0 Å². The average molecular weight is 206 g/mol. The van der Waals surface area contributed by atoms with Gasteiger partial charge in [-0.1, -0.05) is 26.0 Å². The maximum Gasteiger partial charge on any atom is 0.0409 e. The number of nitrogens with zero attached hydrogens (tertiary/aromatic N) is 1. The molecular weight excluding hydrogens is 184 g/mol. The summed E-state index contributed by atoms with van der Waals surface area (Å²) < 4.78 is 0. The average Bonchev–Trinajstić information content (AvgIpc) is 2.15. The SMILES string of the molecule is Cc1ccc(CNC(C)C)c(N(C)C)c1. The van der Waals surface area contributed by atoms with Gasteiger partial charge in [-0.15, -0.1) is 0 Å². The van der Waals surface area contributed by atoms with Crippen LogP contribution in [0.1, 0.15) is 25.0 Å². The summed E-state index contributed by atoms with van der Waals surface area (Å²) in [4.78, 5) is 2.17. The lowest BCUT2D eigenvalue weighted by Gasteiger charge is -2.19. The monoisotopic (exact) mass is 206 g/mol. The minimum atomic E-state index is 0.529. The number of nitrogens with one attached hydrogen (secondary N) is 1. The van der Waals surface area contributed by atoms with E-state index in [9.17, 15) is 0 Å². The highest BCUT2D eigenvalue weighted by Crippen LogP contribution is 2.20. The molecule has 1 aromatic carbocycles. The lowest BCUT2D eigenvalue weighted by Crippen LogP contribution is -2.23. The van der Waals surface area contributed by atoms with Crippen LogP contribution in [0.2, 0.25) is 0 Å². The van der Waals surface area contributed by atoms with Crippen LogP contribution in [0.4, 0.5) is 5.69 Å². The van der Waals surface area contributed by atoms with Crippen LogP contribution >= 0.6 is 0 Å². The molecule has 0 saturated carbocycles. The Morgan fingerprint density at radius 3 is 2.47 bits per heavy atom. The van der Waals surface area contributed by atoms with Gasteiger partial charge in [0.15, 0.2) is 0 Å². The Morgan fingerprint density at radius 2 is 1.93 bits per heavy atom. The second kappa shape index (κ2) is 5.17. The highest BCUT2D eigenvalue weighted by molar-refractivity contribution is 5.54. The van der Waals surface area contributed by atoms with Gasteiger partial charge in [0.1, 0.15) is 0 Å². The Bertz CT molecular complexity index is 316. The van der Waals surface area contributed by atoms with Crippen molar-refractivity contribution in [2.45, 2.75) is 33.4 Å². The molecule has 0 spiro atoms. The first-order chi connectivity index (χ1) is 7.00. The highest BCUT2D eigenvalue weighted by atomic mass is 15.1. The summed E-state index contributed by atoms with van der Waals surface area (Å²) in [6.07, 6.45) is 0. The minimum Gasteiger partial charge on any atom is -0.377 e. The van der Waals surface area contributed by atoms with Crippen LogP contribution in [0, 0.1) is 6.92 Å². The van der Waals surface area contributed by atoms with Gasteiger partial charge in [-0.3, -0.25) is 0 Å². The number of anilines is 1. The quantitative estimate of drug-likeness (QED) is 0.814. The molecule has 1 aromatic rings. The van der Waals surface area contributed by atoms with Crippen molar-refractivity contribution >= 4 is 5.69 Å². The zero-order valence-electron chi connectivity index (χ0n) is 10.5. The van der Waals surface area contributed by atoms with E-state index in [4.69, 9.17) is 0 Å². The molecular formula is C13H22N2. The normalized spacial score (nSPS) is 10.8. The first kappa shape index (κ1) is 12.1. The van der Waals surface area contributed by atoms with Gasteiger partial charge < -0.3 is 10.2 Å². The molecule has 0 heterocycles. The summed E-state index contributed by atoms with van der Waals surface area (Å²) in [7, 11) is 4.18. The molecule has 0 amide bonds. The van der Waals surface area contributed by atoms with Gasteiger partial charge >= 0.3 is 0 Å². The predicted molar refractivity (Wildman–Crippen MR) is 67.5 cm³/mol. The van der Waals surface area contributed by atoms with Crippen molar-refractivity contribution < 1.29 is 0 Å². The third-order valence-corrected chi connectivity index (χ3v) is 2.42. The molecule has 0 aromatic heterocycles. The van der Waals surface area contributed by atoms with Crippen molar-refractivity contribution in [2.24, 2.45) is 0 Å². The molecule has 84 valence electrons. The van der Waals surface area contributed by atoms with Gasteiger partial charge in [0.25, 0.3) is 0 Å². The number of benzene rings is 1. The molecule has 1 rings (SSSR count). The molecule has 0 atom stereocenters. The summed E-state index contributed by atoms with van der Waals surface area (Å²) in [5.41, 5.74) is 3.98. The number of aryl methyl sites for hydroxylation is 1. The fourth-order valence-electron chi connectivity index (χ4n) is 1.55. The number of hydrogen-bond donors (Lipinski definition) is 1. The number of rotatable bonds is 4. The van der Waals surface area contributed by atoms with Crippen LogP contribution in [-0.4, -0.2) is 20.1 Å². The lowest BCUT2D eigenvalue weighted by atomic mass is 10.1. The fourth-order valence-corrected chi connectivity index (χ4v) is 1.55. The Morgan fingerprint density at radius 1 is 1.27 bits per heavy atom. The maximum absolute atomic E-state index is 3.45. The third-order valence-electron chi connectivity index (χ3n) is 2.42. The van der Waals surface area contributed by atoms with E-state index in [1.54, 1.807) is 0 Å². The van der Waals surface area contributed by atoms with Gasteiger partial charge in [0, 0.05) is 32.4 Å². The van der Waals surface area contributed by atoms with Gasteiger partial charge in [0.2, 0.25) is 0 Å².